The van der Waals surface area contributed by atoms with Gasteiger partial charge in [0, 0.05) is 0 Å². The lowest BCUT2D eigenvalue weighted by Gasteiger charge is -2.31. The highest BCUT2D eigenvalue weighted by Gasteiger charge is 2.53. The van der Waals surface area contributed by atoms with Gasteiger partial charge in [-0.1, -0.05) is 173 Å². The molecular weight excluding hydrogens is 504 g/mol. The van der Waals surface area contributed by atoms with Gasteiger partial charge >= 0.3 is 0 Å². The minimum Gasteiger partial charge on any atom is -0.0877 e. The summed E-state index contributed by atoms with van der Waals surface area (Å²) in [4.78, 5) is 0. The van der Waals surface area contributed by atoms with Crippen molar-refractivity contribution in [1.82, 2.24) is 0 Å². The fraction of sp³-hybridized carbons (Fsp3) is 0.190. The first-order valence-corrected chi connectivity index (χ1v) is 15.3. The van der Waals surface area contributed by atoms with Gasteiger partial charge in [0.25, 0.3) is 0 Å². The Balaban J connectivity index is 0.00000173. The van der Waals surface area contributed by atoms with E-state index in [1.165, 1.54) is 50.1 Å². The van der Waals surface area contributed by atoms with E-state index in [1.807, 2.05) is 39.0 Å². The van der Waals surface area contributed by atoms with Crippen LogP contribution in [0.2, 0.25) is 0 Å². The lowest BCUT2D eigenvalue weighted by atomic mass is 9.69. The van der Waals surface area contributed by atoms with Gasteiger partial charge in [-0.2, -0.15) is 0 Å². The van der Waals surface area contributed by atoms with Crippen molar-refractivity contribution in [3.63, 3.8) is 0 Å². The fourth-order valence-corrected chi connectivity index (χ4v) is 6.41. The third-order valence-electron chi connectivity index (χ3n) is 8.29. The average Bonchev–Trinajstić information content (AvgIpc) is 3.47. The van der Waals surface area contributed by atoms with Crippen molar-refractivity contribution in [2.75, 3.05) is 0 Å². The van der Waals surface area contributed by atoms with Crippen LogP contribution in [0.5, 0.6) is 0 Å². The summed E-state index contributed by atoms with van der Waals surface area (Å²) in [6, 6.07) is 27.0. The van der Waals surface area contributed by atoms with E-state index in [1.54, 1.807) is 0 Å². The zero-order valence-corrected chi connectivity index (χ0v) is 25.6. The summed E-state index contributed by atoms with van der Waals surface area (Å²) in [6.07, 6.45) is 29.5. The molecule has 3 aliphatic rings. The van der Waals surface area contributed by atoms with Crippen LogP contribution in [-0.2, 0) is 5.41 Å². The molecule has 42 heavy (non-hydrogen) atoms. The monoisotopic (exact) mass is 546 g/mol. The van der Waals surface area contributed by atoms with E-state index in [-0.39, 0.29) is 10.8 Å². The third kappa shape index (κ3) is 5.19. The molecule has 3 aromatic carbocycles. The van der Waals surface area contributed by atoms with Crippen LogP contribution in [0.1, 0.15) is 63.3 Å². The summed E-state index contributed by atoms with van der Waals surface area (Å²) < 4.78 is 0. The molecule has 0 saturated heterocycles. The lowest BCUT2D eigenvalue weighted by Crippen LogP contribution is -2.26. The molecule has 6 rings (SSSR count). The molecule has 3 aliphatic carbocycles. The van der Waals surface area contributed by atoms with Crippen LogP contribution in [0, 0.1) is 5.41 Å². The highest BCUT2D eigenvalue weighted by atomic mass is 14.5. The van der Waals surface area contributed by atoms with Crippen molar-refractivity contribution >= 4 is 5.57 Å². The van der Waals surface area contributed by atoms with Gasteiger partial charge in [0.1, 0.15) is 0 Å². The smallest absolute Gasteiger partial charge is 0.0725 e. The maximum absolute atomic E-state index is 2.46. The van der Waals surface area contributed by atoms with E-state index < -0.39 is 0 Å². The summed E-state index contributed by atoms with van der Waals surface area (Å²) in [5.74, 6) is 0. The molecule has 0 heteroatoms. The average molecular weight is 547 g/mol. The van der Waals surface area contributed by atoms with Crippen LogP contribution < -0.4 is 0 Å². The molecule has 210 valence electrons. The molecule has 0 nitrogen and oxygen atoms in total. The molecule has 0 aromatic heterocycles. The van der Waals surface area contributed by atoms with E-state index in [2.05, 4.69) is 147 Å². The molecule has 0 atom stereocenters. The molecule has 0 radical (unpaired) electrons. The van der Waals surface area contributed by atoms with Crippen molar-refractivity contribution < 1.29 is 0 Å². The van der Waals surface area contributed by atoms with Gasteiger partial charge in [0.15, 0.2) is 0 Å². The van der Waals surface area contributed by atoms with E-state index >= 15 is 0 Å². The van der Waals surface area contributed by atoms with Crippen LogP contribution >= 0.6 is 0 Å². The summed E-state index contributed by atoms with van der Waals surface area (Å²) in [7, 11) is 0. The van der Waals surface area contributed by atoms with Crippen LogP contribution in [0.15, 0.2) is 163 Å². The molecule has 0 fully saturated rings. The topological polar surface area (TPSA) is 0 Å². The molecule has 3 aromatic rings. The Bertz CT molecular complexity index is 1640. The Labute approximate surface area is 253 Å². The SMILES string of the molecule is C/C=C/C=C\C=C/C=C/C=C1\C(=C/C2=CCC(C)(C)C=C2)C2(c3ccccc31)c1ccccc1-c1ccccc12.CC. The van der Waals surface area contributed by atoms with Crippen LogP contribution in [0.25, 0.3) is 16.7 Å². The summed E-state index contributed by atoms with van der Waals surface area (Å²) in [6.45, 7) is 10.6. The van der Waals surface area contributed by atoms with Gasteiger partial charge < -0.3 is 0 Å². The number of benzene rings is 3. The zero-order valence-electron chi connectivity index (χ0n) is 25.6. The maximum Gasteiger partial charge on any atom is 0.0725 e. The van der Waals surface area contributed by atoms with Crippen LogP contribution in [-0.4, -0.2) is 0 Å². The van der Waals surface area contributed by atoms with E-state index in [0.717, 1.165) is 6.42 Å². The normalized spacial score (nSPS) is 19.6. The minimum absolute atomic E-state index is 0.194. The molecule has 0 heterocycles. The Kier molecular flexibility index (Phi) is 8.74. The molecule has 0 amide bonds. The molecule has 0 bridgehead atoms. The molecule has 0 unspecified atom stereocenters. The van der Waals surface area contributed by atoms with Gasteiger partial charge in [0.05, 0.1) is 5.41 Å². The summed E-state index contributed by atoms with van der Waals surface area (Å²) >= 11 is 0. The Morgan fingerprint density at radius 1 is 0.619 bits per heavy atom. The number of fused-ring (bicyclic) bond motifs is 7. The van der Waals surface area contributed by atoms with Crippen molar-refractivity contribution in [2.45, 2.75) is 46.5 Å². The zero-order chi connectivity index (χ0) is 29.6. The molecule has 0 saturated carbocycles. The first kappa shape index (κ1) is 29.1. The standard InChI is InChI=1S/C40H36.C2H6/c1-4-5-6-7-8-9-10-11-18-34-33-21-14-17-24-37(33)40(38(34)29-30-25-27-39(2,3)28-26-30)35-22-15-12-19-31(35)32-20-13-16-23-36(32)40;1-2/h4-27,29H,28H2,1-3H3;1-2H3/b5-4+,7-6-,9-8-,11-10+,34-18-,38-29+;. The molecule has 0 N–H and O–H groups in total. The Morgan fingerprint density at radius 3 is 1.67 bits per heavy atom. The fourth-order valence-electron chi connectivity index (χ4n) is 6.41. The molecule has 1 spiro atoms. The van der Waals surface area contributed by atoms with Crippen LogP contribution in [0.4, 0.5) is 0 Å². The molecular formula is C42H42. The van der Waals surface area contributed by atoms with Gasteiger partial charge in [-0.3, -0.25) is 0 Å². The maximum atomic E-state index is 2.46. The highest BCUT2D eigenvalue weighted by molar-refractivity contribution is 6.00. The first-order chi connectivity index (χ1) is 20.6. The van der Waals surface area contributed by atoms with Crippen molar-refractivity contribution in [3.05, 3.63) is 185 Å². The first-order valence-electron chi connectivity index (χ1n) is 15.3. The van der Waals surface area contributed by atoms with E-state index in [0.29, 0.717) is 0 Å². The number of rotatable bonds is 5. The second kappa shape index (κ2) is 12.6. The summed E-state index contributed by atoms with van der Waals surface area (Å²) in [5.41, 5.74) is 11.9. The van der Waals surface area contributed by atoms with Crippen LogP contribution in [0.3, 0.4) is 0 Å². The van der Waals surface area contributed by atoms with Gasteiger partial charge in [0.2, 0.25) is 0 Å². The van der Waals surface area contributed by atoms with Crippen molar-refractivity contribution in [2.24, 2.45) is 5.41 Å². The van der Waals surface area contributed by atoms with E-state index in [4.69, 9.17) is 0 Å². The highest BCUT2D eigenvalue weighted by Crippen LogP contribution is 2.63. The van der Waals surface area contributed by atoms with Gasteiger partial charge in [-0.15, -0.1) is 0 Å². The number of hydrogen-bond acceptors (Lipinski definition) is 0. The minimum atomic E-state index is -0.351. The largest absolute Gasteiger partial charge is 0.0877 e. The van der Waals surface area contributed by atoms with Gasteiger partial charge in [-0.05, 0) is 74.9 Å². The van der Waals surface area contributed by atoms with Gasteiger partial charge in [-0.25, -0.2) is 0 Å². The lowest BCUT2D eigenvalue weighted by molar-refractivity contribution is 0.483. The summed E-state index contributed by atoms with van der Waals surface area (Å²) in [5, 5.41) is 0. The van der Waals surface area contributed by atoms with E-state index in [9.17, 15) is 0 Å². The predicted molar refractivity (Wildman–Crippen MR) is 183 cm³/mol. The Hall–Kier alpha value is -4.42. The Morgan fingerprint density at radius 2 is 1.12 bits per heavy atom. The number of hydrogen-bond donors (Lipinski definition) is 0. The third-order valence-corrected chi connectivity index (χ3v) is 8.29. The quantitative estimate of drug-likeness (QED) is 0.279. The second-order valence-electron chi connectivity index (χ2n) is 11.4. The molecule has 0 aliphatic heterocycles. The predicted octanol–water partition coefficient (Wildman–Crippen LogP) is 11.5. The van der Waals surface area contributed by atoms with Crippen molar-refractivity contribution in [3.8, 4) is 11.1 Å². The number of allylic oxidation sites excluding steroid dienone is 16. The second-order valence-corrected chi connectivity index (χ2v) is 11.4. The van der Waals surface area contributed by atoms with Crippen molar-refractivity contribution in [1.29, 1.82) is 0 Å².